The second-order valence-corrected chi connectivity index (χ2v) is 7.23. The molecule has 7 heteroatoms. The van der Waals surface area contributed by atoms with Crippen LogP contribution in [0.5, 0.6) is 0 Å². The van der Waals surface area contributed by atoms with Crippen LogP contribution in [-0.4, -0.2) is 48.4 Å². The van der Waals surface area contributed by atoms with Crippen molar-refractivity contribution in [1.82, 2.24) is 15.5 Å². The van der Waals surface area contributed by atoms with Crippen LogP contribution in [0.25, 0.3) is 5.70 Å². The number of allylic oxidation sites excluding steroid dienone is 3. The van der Waals surface area contributed by atoms with Gasteiger partial charge in [-0.25, -0.2) is 0 Å². The Kier molecular flexibility index (Phi) is 4.48. The van der Waals surface area contributed by atoms with Gasteiger partial charge in [0.25, 0.3) is 5.91 Å². The molecule has 0 saturated carbocycles. The van der Waals surface area contributed by atoms with Gasteiger partial charge in [0.1, 0.15) is 0 Å². The summed E-state index contributed by atoms with van der Waals surface area (Å²) in [5.41, 5.74) is 2.33. The van der Waals surface area contributed by atoms with Crippen molar-refractivity contribution in [3.63, 3.8) is 0 Å². The number of carbonyl (C=O) groups is 1. The summed E-state index contributed by atoms with van der Waals surface area (Å²) >= 11 is 6.12. The molecule has 1 unspecified atom stereocenters. The number of hydrogen-bond acceptors (Lipinski definition) is 5. The van der Waals surface area contributed by atoms with Gasteiger partial charge in [-0.3, -0.25) is 4.79 Å². The van der Waals surface area contributed by atoms with E-state index in [9.17, 15) is 9.90 Å². The van der Waals surface area contributed by atoms with Crippen molar-refractivity contribution in [3.05, 3.63) is 65.0 Å². The van der Waals surface area contributed by atoms with Gasteiger partial charge in [0.2, 0.25) is 0 Å². The average Bonchev–Trinajstić information content (AvgIpc) is 3.01. The van der Waals surface area contributed by atoms with Crippen LogP contribution in [0.15, 0.2) is 54.4 Å². The number of amides is 1. The number of hydrogen-bond donors (Lipinski definition) is 3. The second kappa shape index (κ2) is 6.79. The van der Waals surface area contributed by atoms with Crippen molar-refractivity contribution < 1.29 is 14.6 Å². The first-order valence-electron chi connectivity index (χ1n) is 8.48. The zero-order chi connectivity index (χ0) is 18.1. The fourth-order valence-electron chi connectivity index (χ4n) is 3.25. The maximum absolute atomic E-state index is 12.8. The molecule has 1 atom stereocenters. The lowest BCUT2D eigenvalue weighted by Gasteiger charge is -2.40. The van der Waals surface area contributed by atoms with Gasteiger partial charge in [-0.2, -0.15) is 0 Å². The highest BCUT2D eigenvalue weighted by Crippen LogP contribution is 2.32. The van der Waals surface area contributed by atoms with E-state index in [4.69, 9.17) is 16.3 Å². The fourth-order valence-corrected chi connectivity index (χ4v) is 3.44. The number of ether oxygens (including phenoxy) is 1. The number of benzene rings is 1. The topological polar surface area (TPSA) is 73.8 Å². The summed E-state index contributed by atoms with van der Waals surface area (Å²) in [6.07, 6.45) is 7.10. The minimum absolute atomic E-state index is 0.00497. The third-order valence-electron chi connectivity index (χ3n) is 4.86. The van der Waals surface area contributed by atoms with Gasteiger partial charge >= 0.3 is 0 Å². The molecule has 0 spiro atoms. The third-order valence-corrected chi connectivity index (χ3v) is 5.09. The molecular weight excluding hydrogens is 354 g/mol. The molecule has 0 aromatic heterocycles. The lowest BCUT2D eigenvalue weighted by molar-refractivity contribution is -0.142. The quantitative estimate of drug-likeness (QED) is 0.728. The van der Waals surface area contributed by atoms with E-state index in [2.05, 4.69) is 10.6 Å². The third kappa shape index (κ3) is 3.00. The number of nitrogens with one attached hydrogen (secondary N) is 2. The van der Waals surface area contributed by atoms with Crippen LogP contribution in [0.2, 0.25) is 5.02 Å². The highest BCUT2D eigenvalue weighted by atomic mass is 35.5. The Labute approximate surface area is 156 Å². The second-order valence-electron chi connectivity index (χ2n) is 6.79. The Balaban J connectivity index is 1.53. The van der Waals surface area contributed by atoms with Crippen LogP contribution in [0.3, 0.4) is 0 Å². The molecule has 3 N–H and O–H groups in total. The lowest BCUT2D eigenvalue weighted by atomic mass is 9.87. The van der Waals surface area contributed by atoms with Gasteiger partial charge < -0.3 is 25.4 Å². The molecule has 0 radical (unpaired) electrons. The Morgan fingerprint density at radius 3 is 2.96 bits per heavy atom. The highest BCUT2D eigenvalue weighted by Gasteiger charge is 2.40. The lowest BCUT2D eigenvalue weighted by Crippen LogP contribution is -2.56. The van der Waals surface area contributed by atoms with Gasteiger partial charge in [0.15, 0.2) is 6.17 Å². The first-order chi connectivity index (χ1) is 12.6. The van der Waals surface area contributed by atoms with E-state index in [1.807, 2.05) is 53.6 Å². The predicted octanol–water partition coefficient (Wildman–Crippen LogP) is 1.45. The molecule has 3 aliphatic rings. The van der Waals surface area contributed by atoms with Crippen LogP contribution in [-0.2, 0) is 9.53 Å². The van der Waals surface area contributed by atoms with Crippen molar-refractivity contribution in [3.8, 4) is 0 Å². The van der Waals surface area contributed by atoms with E-state index in [1.54, 1.807) is 0 Å². The summed E-state index contributed by atoms with van der Waals surface area (Å²) < 4.78 is 5.18. The van der Waals surface area contributed by atoms with Crippen LogP contribution >= 0.6 is 11.6 Å². The number of aliphatic hydroxyl groups excluding tert-OH is 1. The molecule has 3 aliphatic heterocycles. The maximum Gasteiger partial charge on any atom is 0.263 e. The van der Waals surface area contributed by atoms with Crippen LogP contribution in [0.1, 0.15) is 5.56 Å². The first kappa shape index (κ1) is 17.1. The molecule has 1 fully saturated rings. The summed E-state index contributed by atoms with van der Waals surface area (Å²) in [5, 5.41) is 16.4. The molecule has 0 bridgehead atoms. The average molecular weight is 374 g/mol. The summed E-state index contributed by atoms with van der Waals surface area (Å²) in [6, 6.07) is 7.53. The van der Waals surface area contributed by atoms with Crippen molar-refractivity contribution in [2.24, 2.45) is 5.41 Å². The van der Waals surface area contributed by atoms with E-state index in [-0.39, 0.29) is 17.9 Å². The number of rotatable bonds is 5. The minimum atomic E-state index is -0.558. The summed E-state index contributed by atoms with van der Waals surface area (Å²) in [6.45, 7) is 1.31. The van der Waals surface area contributed by atoms with Crippen LogP contribution in [0.4, 0.5) is 0 Å². The maximum atomic E-state index is 12.8. The van der Waals surface area contributed by atoms with Gasteiger partial charge in [-0.05, 0) is 24.3 Å². The zero-order valence-corrected chi connectivity index (χ0v) is 14.9. The Morgan fingerprint density at radius 2 is 2.27 bits per heavy atom. The Hall–Kier alpha value is -2.28. The summed E-state index contributed by atoms with van der Waals surface area (Å²) in [4.78, 5) is 14.7. The van der Waals surface area contributed by atoms with E-state index in [0.717, 1.165) is 17.0 Å². The molecule has 3 heterocycles. The predicted molar refractivity (Wildman–Crippen MR) is 98.8 cm³/mol. The summed E-state index contributed by atoms with van der Waals surface area (Å²) in [7, 11) is 0. The summed E-state index contributed by atoms with van der Waals surface area (Å²) in [5.74, 6) is -0.154. The smallest absolute Gasteiger partial charge is 0.263 e. The van der Waals surface area contributed by atoms with Gasteiger partial charge in [0.05, 0.1) is 36.6 Å². The van der Waals surface area contributed by atoms with Crippen molar-refractivity contribution in [1.29, 1.82) is 0 Å². The molecule has 1 saturated heterocycles. The zero-order valence-electron chi connectivity index (χ0n) is 14.1. The number of nitrogens with zero attached hydrogens (tertiary/aromatic N) is 1. The number of fused-ring (bicyclic) bond motifs is 1. The van der Waals surface area contributed by atoms with E-state index < -0.39 is 6.17 Å². The Bertz CT molecular complexity index is 808. The van der Waals surface area contributed by atoms with E-state index in [0.29, 0.717) is 24.8 Å². The molecule has 6 nitrogen and oxygen atoms in total. The number of aliphatic hydroxyl groups is 1. The van der Waals surface area contributed by atoms with E-state index in [1.165, 1.54) is 0 Å². The number of carbonyl (C=O) groups excluding carboxylic acids is 1. The first-order valence-corrected chi connectivity index (χ1v) is 8.86. The van der Waals surface area contributed by atoms with Gasteiger partial charge in [0, 0.05) is 23.3 Å². The monoisotopic (exact) mass is 373 g/mol. The molecule has 0 aliphatic carbocycles. The standard InChI is InChI=1S/C19H20ClN3O3/c20-14-5-3-4-13(8-14)16-15-6-1-2-7-23(15)17(22-16)18(25)21-9-19(10-24)11-26-12-19/h1-8,17,22,24H,9-12H2,(H,21,25). The normalized spacial score (nSPS) is 22.7. The number of halogens is 1. The van der Waals surface area contributed by atoms with Gasteiger partial charge in [-0.15, -0.1) is 0 Å². The Morgan fingerprint density at radius 1 is 1.42 bits per heavy atom. The van der Waals surface area contributed by atoms with Crippen molar-refractivity contribution in [2.75, 3.05) is 26.4 Å². The molecule has 26 heavy (non-hydrogen) atoms. The fraction of sp³-hybridized carbons (Fsp3) is 0.316. The molecule has 1 amide bonds. The molecule has 4 rings (SSSR count). The molecule has 136 valence electrons. The van der Waals surface area contributed by atoms with Crippen LogP contribution < -0.4 is 10.6 Å². The van der Waals surface area contributed by atoms with E-state index >= 15 is 0 Å². The van der Waals surface area contributed by atoms with Crippen molar-refractivity contribution >= 4 is 23.2 Å². The van der Waals surface area contributed by atoms with Crippen molar-refractivity contribution in [2.45, 2.75) is 6.17 Å². The SMILES string of the molecule is O=C(NCC1(CO)COC1)C1NC(c2cccc(Cl)c2)=C2C=CC=CN21. The largest absolute Gasteiger partial charge is 0.396 e. The molecular formula is C19H20ClN3O3. The van der Waals surface area contributed by atoms with Gasteiger partial charge in [-0.1, -0.05) is 29.8 Å². The molecule has 1 aromatic carbocycles. The highest BCUT2D eigenvalue weighted by molar-refractivity contribution is 6.30. The van der Waals surface area contributed by atoms with Crippen LogP contribution in [0, 0.1) is 5.41 Å². The minimum Gasteiger partial charge on any atom is -0.396 e. The molecule has 1 aromatic rings.